The second kappa shape index (κ2) is 5.63. The van der Waals surface area contributed by atoms with E-state index in [0.29, 0.717) is 12.3 Å². The lowest BCUT2D eigenvalue weighted by atomic mass is 10.1. The highest BCUT2D eigenvalue weighted by atomic mass is 32.1. The average molecular weight is 307 g/mol. The van der Waals surface area contributed by atoms with Crippen molar-refractivity contribution in [3.05, 3.63) is 5.69 Å². The number of carbonyl (C=O) groups is 1. The van der Waals surface area contributed by atoms with E-state index in [4.69, 9.17) is 0 Å². The number of carbonyl (C=O) groups excluding carboxylic acids is 1. The monoisotopic (exact) mass is 307 g/mol. The van der Waals surface area contributed by atoms with E-state index in [1.54, 1.807) is 11.3 Å². The largest absolute Gasteiger partial charge is 0.349 e. The standard InChI is InChI=1S/C14H21N5OS/c1-10-12-13(18(3)16-10)15-14(21-12)17(2)8-9-19-7-5-4-6-11(19)20/h4-9H2,1-3H3. The smallest absolute Gasteiger partial charge is 0.222 e. The molecule has 1 fully saturated rings. The normalized spacial score (nSPS) is 16.0. The second-order valence-corrected chi connectivity index (χ2v) is 6.60. The van der Waals surface area contributed by atoms with Crippen molar-refractivity contribution < 1.29 is 4.79 Å². The zero-order valence-corrected chi connectivity index (χ0v) is 13.6. The first kappa shape index (κ1) is 14.3. The fourth-order valence-corrected chi connectivity index (χ4v) is 3.72. The molecule has 0 bridgehead atoms. The summed E-state index contributed by atoms with van der Waals surface area (Å²) in [4.78, 5) is 20.6. The van der Waals surface area contributed by atoms with Crippen LogP contribution in [0.1, 0.15) is 25.0 Å². The molecule has 0 aliphatic carbocycles. The Morgan fingerprint density at radius 3 is 2.90 bits per heavy atom. The van der Waals surface area contributed by atoms with E-state index in [9.17, 15) is 4.79 Å². The van der Waals surface area contributed by atoms with Crippen LogP contribution in [-0.4, -0.2) is 52.3 Å². The number of hydrogen-bond acceptors (Lipinski definition) is 5. The summed E-state index contributed by atoms with van der Waals surface area (Å²) < 4.78 is 2.97. The van der Waals surface area contributed by atoms with Crippen LogP contribution in [0.2, 0.25) is 0 Å². The molecule has 2 aromatic rings. The number of nitrogens with zero attached hydrogens (tertiary/aromatic N) is 5. The van der Waals surface area contributed by atoms with E-state index in [1.807, 2.05) is 30.6 Å². The molecule has 0 N–H and O–H groups in total. The molecule has 0 unspecified atom stereocenters. The Morgan fingerprint density at radius 2 is 2.19 bits per heavy atom. The molecule has 6 nitrogen and oxygen atoms in total. The maximum Gasteiger partial charge on any atom is 0.222 e. The van der Waals surface area contributed by atoms with E-state index >= 15 is 0 Å². The molecule has 114 valence electrons. The number of piperidine rings is 1. The molecule has 1 amide bonds. The number of aromatic nitrogens is 3. The molecular weight excluding hydrogens is 286 g/mol. The van der Waals surface area contributed by atoms with Crippen molar-refractivity contribution in [2.45, 2.75) is 26.2 Å². The molecule has 0 radical (unpaired) electrons. The van der Waals surface area contributed by atoms with Crippen LogP contribution < -0.4 is 4.90 Å². The first-order valence-electron chi connectivity index (χ1n) is 7.35. The van der Waals surface area contributed by atoms with Crippen molar-refractivity contribution in [2.75, 3.05) is 31.6 Å². The highest BCUT2D eigenvalue weighted by Gasteiger charge is 2.19. The molecule has 3 rings (SSSR count). The summed E-state index contributed by atoms with van der Waals surface area (Å²) in [5.41, 5.74) is 1.96. The average Bonchev–Trinajstić information content (AvgIpc) is 3.00. The molecule has 0 aromatic carbocycles. The SMILES string of the molecule is Cc1nn(C)c2nc(N(C)CCN3CCCCC3=O)sc12. The Morgan fingerprint density at radius 1 is 1.38 bits per heavy atom. The first-order valence-corrected chi connectivity index (χ1v) is 8.17. The highest BCUT2D eigenvalue weighted by Crippen LogP contribution is 2.30. The van der Waals surface area contributed by atoms with Gasteiger partial charge in [-0.25, -0.2) is 9.67 Å². The maximum atomic E-state index is 11.8. The van der Waals surface area contributed by atoms with Crippen molar-refractivity contribution in [2.24, 2.45) is 7.05 Å². The van der Waals surface area contributed by atoms with E-state index in [1.165, 1.54) is 0 Å². The van der Waals surface area contributed by atoms with E-state index < -0.39 is 0 Å². The van der Waals surface area contributed by atoms with Crippen LogP contribution in [0.4, 0.5) is 5.13 Å². The van der Waals surface area contributed by atoms with Crippen molar-refractivity contribution >= 4 is 32.7 Å². The topological polar surface area (TPSA) is 54.3 Å². The Bertz CT molecular complexity index is 627. The van der Waals surface area contributed by atoms with E-state index in [2.05, 4.69) is 15.0 Å². The third-order valence-electron chi connectivity index (χ3n) is 3.99. The van der Waals surface area contributed by atoms with Crippen LogP contribution >= 0.6 is 11.3 Å². The summed E-state index contributed by atoms with van der Waals surface area (Å²) in [6.45, 7) is 4.51. The number of likely N-dealkylation sites (N-methyl/N-ethyl adjacent to an activating group) is 1. The minimum absolute atomic E-state index is 0.291. The van der Waals surface area contributed by atoms with Crippen LogP contribution in [-0.2, 0) is 11.8 Å². The third-order valence-corrected chi connectivity index (χ3v) is 5.25. The second-order valence-electron chi connectivity index (χ2n) is 5.62. The van der Waals surface area contributed by atoms with Crippen LogP contribution in [0.25, 0.3) is 10.3 Å². The summed E-state index contributed by atoms with van der Waals surface area (Å²) in [6, 6.07) is 0. The number of rotatable bonds is 4. The number of fused-ring (bicyclic) bond motifs is 1. The molecule has 7 heteroatoms. The van der Waals surface area contributed by atoms with Gasteiger partial charge in [0.15, 0.2) is 10.8 Å². The molecule has 1 saturated heterocycles. The quantitative estimate of drug-likeness (QED) is 0.864. The Kier molecular flexibility index (Phi) is 3.84. The van der Waals surface area contributed by atoms with Crippen molar-refractivity contribution in [1.29, 1.82) is 0 Å². The van der Waals surface area contributed by atoms with Gasteiger partial charge in [-0.3, -0.25) is 4.79 Å². The van der Waals surface area contributed by atoms with Gasteiger partial charge in [-0.1, -0.05) is 11.3 Å². The first-order chi connectivity index (χ1) is 10.1. The van der Waals surface area contributed by atoms with Gasteiger partial charge < -0.3 is 9.80 Å². The Balaban J connectivity index is 1.67. The molecule has 3 heterocycles. The van der Waals surface area contributed by atoms with Gasteiger partial charge in [0, 0.05) is 40.2 Å². The molecule has 1 aliphatic heterocycles. The van der Waals surface area contributed by atoms with Gasteiger partial charge >= 0.3 is 0 Å². The van der Waals surface area contributed by atoms with Crippen molar-refractivity contribution in [3.63, 3.8) is 0 Å². The Labute approximate surface area is 128 Å². The number of hydrogen-bond donors (Lipinski definition) is 0. The van der Waals surface area contributed by atoms with Crippen LogP contribution in [0, 0.1) is 6.92 Å². The van der Waals surface area contributed by atoms with Crippen LogP contribution in [0.15, 0.2) is 0 Å². The zero-order valence-electron chi connectivity index (χ0n) is 12.8. The lowest BCUT2D eigenvalue weighted by Crippen LogP contribution is -2.40. The molecule has 1 aliphatic rings. The van der Waals surface area contributed by atoms with Crippen LogP contribution in [0.3, 0.4) is 0 Å². The van der Waals surface area contributed by atoms with Gasteiger partial charge in [-0.2, -0.15) is 5.10 Å². The van der Waals surface area contributed by atoms with Gasteiger partial charge in [0.05, 0.1) is 10.4 Å². The number of anilines is 1. The predicted octanol–water partition coefficient (Wildman–Crippen LogP) is 1.79. The summed E-state index contributed by atoms with van der Waals surface area (Å²) in [7, 11) is 3.96. The summed E-state index contributed by atoms with van der Waals surface area (Å²) in [5, 5.41) is 5.36. The lowest BCUT2D eigenvalue weighted by molar-refractivity contribution is -0.133. The molecule has 21 heavy (non-hydrogen) atoms. The van der Waals surface area contributed by atoms with Crippen molar-refractivity contribution in [3.8, 4) is 0 Å². The fraction of sp³-hybridized carbons (Fsp3) is 0.643. The molecule has 0 saturated carbocycles. The third kappa shape index (κ3) is 2.74. The van der Waals surface area contributed by atoms with Gasteiger partial charge in [0.1, 0.15) is 0 Å². The minimum Gasteiger partial charge on any atom is -0.349 e. The van der Waals surface area contributed by atoms with Gasteiger partial charge in [0.2, 0.25) is 5.91 Å². The van der Waals surface area contributed by atoms with Gasteiger partial charge in [0.25, 0.3) is 0 Å². The lowest BCUT2D eigenvalue weighted by Gasteiger charge is -2.28. The minimum atomic E-state index is 0.291. The number of amides is 1. The Hall–Kier alpha value is -1.63. The van der Waals surface area contributed by atoms with E-state index in [0.717, 1.165) is 53.6 Å². The van der Waals surface area contributed by atoms with E-state index in [-0.39, 0.29) is 0 Å². The van der Waals surface area contributed by atoms with Gasteiger partial charge in [-0.05, 0) is 19.8 Å². The number of aryl methyl sites for hydroxylation is 2. The number of thiazole rings is 1. The molecular formula is C14H21N5OS. The highest BCUT2D eigenvalue weighted by molar-refractivity contribution is 7.22. The summed E-state index contributed by atoms with van der Waals surface area (Å²) in [5.74, 6) is 0.291. The molecule has 0 atom stereocenters. The zero-order chi connectivity index (χ0) is 15.0. The maximum absolute atomic E-state index is 11.8. The predicted molar refractivity (Wildman–Crippen MR) is 84.8 cm³/mol. The van der Waals surface area contributed by atoms with Crippen LogP contribution in [0.5, 0.6) is 0 Å². The fourth-order valence-electron chi connectivity index (χ4n) is 2.70. The molecule has 2 aromatic heterocycles. The van der Waals surface area contributed by atoms with Crippen molar-refractivity contribution in [1.82, 2.24) is 19.7 Å². The molecule has 0 spiro atoms. The number of likely N-dealkylation sites (tertiary alicyclic amines) is 1. The summed E-state index contributed by atoms with van der Waals surface area (Å²) in [6.07, 6.45) is 2.87. The van der Waals surface area contributed by atoms with Gasteiger partial charge in [-0.15, -0.1) is 0 Å². The summed E-state index contributed by atoms with van der Waals surface area (Å²) >= 11 is 1.67.